The summed E-state index contributed by atoms with van der Waals surface area (Å²) in [6.45, 7) is 7.21. The Morgan fingerprint density at radius 3 is 2.24 bits per heavy atom. The first-order valence-corrected chi connectivity index (χ1v) is 15.8. The molecule has 0 saturated carbocycles. The Hall–Kier alpha value is -3.37. The Balaban J connectivity index is 2.00. The number of aryl methyl sites for hydroxylation is 1. The van der Waals surface area contributed by atoms with E-state index in [1.807, 2.05) is 51.1 Å². The zero-order valence-corrected chi connectivity index (χ0v) is 26.5. The summed E-state index contributed by atoms with van der Waals surface area (Å²) in [5, 5.41) is 2.95. The number of anilines is 1. The molecule has 2 atom stereocenters. The zero-order chi connectivity index (χ0) is 30.2. The third-order valence-corrected chi connectivity index (χ3v) is 9.35. The van der Waals surface area contributed by atoms with Crippen LogP contribution in [-0.4, -0.2) is 57.4 Å². The molecule has 3 rings (SSSR count). The number of nitrogens with zero attached hydrogens (tertiary/aromatic N) is 2. The maximum atomic E-state index is 14.0. The minimum absolute atomic E-state index is 0.00283. The van der Waals surface area contributed by atoms with E-state index in [4.69, 9.17) is 4.74 Å². The fraction of sp³-hybridized carbons (Fsp3) is 0.355. The Morgan fingerprint density at radius 2 is 1.66 bits per heavy atom. The first-order valence-electron chi connectivity index (χ1n) is 13.5. The van der Waals surface area contributed by atoms with Crippen LogP contribution in [0.5, 0.6) is 5.75 Å². The van der Waals surface area contributed by atoms with Gasteiger partial charge < -0.3 is 15.0 Å². The van der Waals surface area contributed by atoms with Crippen LogP contribution in [0.15, 0.2) is 82.2 Å². The van der Waals surface area contributed by atoms with Gasteiger partial charge in [-0.15, -0.1) is 0 Å². The van der Waals surface area contributed by atoms with Gasteiger partial charge in [0, 0.05) is 12.6 Å². The molecule has 0 radical (unpaired) electrons. The first kappa shape index (κ1) is 32.1. The summed E-state index contributed by atoms with van der Waals surface area (Å²) >= 11 is 3.36. The number of ether oxygens (including phenoxy) is 1. The zero-order valence-electron chi connectivity index (χ0n) is 24.1. The van der Waals surface area contributed by atoms with Gasteiger partial charge in [0.25, 0.3) is 10.0 Å². The third kappa shape index (κ3) is 8.33. The molecule has 0 fully saturated rings. The number of carbonyl (C=O) groups is 2. The minimum atomic E-state index is -4.18. The number of carbonyl (C=O) groups excluding carboxylic acids is 2. The van der Waals surface area contributed by atoms with E-state index >= 15 is 0 Å². The van der Waals surface area contributed by atoms with Crippen molar-refractivity contribution in [2.45, 2.75) is 57.5 Å². The van der Waals surface area contributed by atoms with Crippen molar-refractivity contribution in [1.29, 1.82) is 0 Å². The Bertz CT molecular complexity index is 1430. The van der Waals surface area contributed by atoms with E-state index in [1.165, 1.54) is 24.1 Å². The molecule has 1 N–H and O–H groups in total. The fourth-order valence-electron chi connectivity index (χ4n) is 4.21. The highest BCUT2D eigenvalue weighted by Gasteiger charge is 2.33. The Kier molecular flexibility index (Phi) is 11.4. The predicted molar refractivity (Wildman–Crippen MR) is 166 cm³/mol. The number of sulfonamides is 1. The molecule has 0 spiro atoms. The number of amides is 2. The van der Waals surface area contributed by atoms with Gasteiger partial charge in [-0.25, -0.2) is 8.42 Å². The number of nitrogens with one attached hydrogen (secondary N) is 1. The van der Waals surface area contributed by atoms with Crippen LogP contribution in [0.2, 0.25) is 0 Å². The van der Waals surface area contributed by atoms with Crippen molar-refractivity contribution >= 4 is 43.5 Å². The van der Waals surface area contributed by atoms with Crippen LogP contribution in [0.25, 0.3) is 0 Å². The lowest BCUT2D eigenvalue weighted by atomic mass is 10.1. The van der Waals surface area contributed by atoms with Crippen LogP contribution in [0.3, 0.4) is 0 Å². The molecule has 220 valence electrons. The average molecular weight is 645 g/mol. The van der Waals surface area contributed by atoms with Gasteiger partial charge in [0.1, 0.15) is 18.3 Å². The molecule has 8 nitrogen and oxygen atoms in total. The van der Waals surface area contributed by atoms with E-state index in [0.29, 0.717) is 22.3 Å². The van der Waals surface area contributed by atoms with Gasteiger partial charge in [-0.05, 0) is 85.4 Å². The monoisotopic (exact) mass is 643 g/mol. The van der Waals surface area contributed by atoms with E-state index < -0.39 is 28.5 Å². The van der Waals surface area contributed by atoms with E-state index in [2.05, 4.69) is 21.2 Å². The van der Waals surface area contributed by atoms with E-state index in [0.717, 1.165) is 21.9 Å². The molecule has 3 aromatic rings. The Morgan fingerprint density at radius 1 is 1.00 bits per heavy atom. The average Bonchev–Trinajstić information content (AvgIpc) is 2.96. The van der Waals surface area contributed by atoms with Crippen LogP contribution in [0.1, 0.15) is 38.3 Å². The predicted octanol–water partition coefficient (Wildman–Crippen LogP) is 5.34. The lowest BCUT2D eigenvalue weighted by Gasteiger charge is -2.32. The van der Waals surface area contributed by atoms with Crippen molar-refractivity contribution in [2.75, 3.05) is 24.5 Å². The van der Waals surface area contributed by atoms with Gasteiger partial charge in [-0.1, -0.05) is 55.0 Å². The number of hydrogen-bond acceptors (Lipinski definition) is 5. The number of hydrogen-bond donors (Lipinski definition) is 1. The van der Waals surface area contributed by atoms with Crippen LogP contribution in [-0.2, 0) is 26.0 Å². The molecule has 10 heteroatoms. The number of rotatable bonds is 13. The second kappa shape index (κ2) is 14.5. The molecule has 0 aliphatic carbocycles. The lowest BCUT2D eigenvalue weighted by molar-refractivity contribution is -0.139. The maximum absolute atomic E-state index is 14.0. The summed E-state index contributed by atoms with van der Waals surface area (Å²) in [5.41, 5.74) is 2.30. The Labute approximate surface area is 251 Å². The highest BCUT2D eigenvalue weighted by Crippen LogP contribution is 2.31. The number of benzene rings is 3. The molecular formula is C31H38BrN3O5S. The highest BCUT2D eigenvalue weighted by molar-refractivity contribution is 9.10. The second-order valence-corrected chi connectivity index (χ2v) is 12.7. The summed E-state index contributed by atoms with van der Waals surface area (Å²) in [6, 6.07) is 20.2. The van der Waals surface area contributed by atoms with Crippen molar-refractivity contribution < 1.29 is 22.7 Å². The quantitative estimate of drug-likeness (QED) is 0.271. The first-order chi connectivity index (χ1) is 19.5. The molecule has 0 bridgehead atoms. The van der Waals surface area contributed by atoms with Gasteiger partial charge in [-0.2, -0.15) is 0 Å². The van der Waals surface area contributed by atoms with Gasteiger partial charge in [0.05, 0.1) is 22.2 Å². The summed E-state index contributed by atoms with van der Waals surface area (Å²) in [6.07, 6.45) is 1.25. The maximum Gasteiger partial charge on any atom is 0.264 e. The molecule has 41 heavy (non-hydrogen) atoms. The van der Waals surface area contributed by atoms with Crippen LogP contribution < -0.4 is 14.4 Å². The highest BCUT2D eigenvalue weighted by atomic mass is 79.9. The van der Waals surface area contributed by atoms with Crippen molar-refractivity contribution in [3.05, 3.63) is 88.4 Å². The van der Waals surface area contributed by atoms with Gasteiger partial charge in [0.2, 0.25) is 11.8 Å². The molecule has 0 aromatic heterocycles. The van der Waals surface area contributed by atoms with Gasteiger partial charge >= 0.3 is 0 Å². The van der Waals surface area contributed by atoms with E-state index in [9.17, 15) is 18.0 Å². The van der Waals surface area contributed by atoms with Crippen LogP contribution >= 0.6 is 15.9 Å². The molecule has 2 amide bonds. The second-order valence-electron chi connectivity index (χ2n) is 9.96. The largest absolute Gasteiger partial charge is 0.496 e. The van der Waals surface area contributed by atoms with E-state index in [-0.39, 0.29) is 23.4 Å². The van der Waals surface area contributed by atoms with Crippen LogP contribution in [0, 0.1) is 6.92 Å². The van der Waals surface area contributed by atoms with Crippen molar-refractivity contribution in [1.82, 2.24) is 10.2 Å². The minimum Gasteiger partial charge on any atom is -0.496 e. The van der Waals surface area contributed by atoms with Gasteiger partial charge in [-0.3, -0.25) is 13.9 Å². The lowest BCUT2D eigenvalue weighted by Crippen LogP contribution is -2.53. The smallest absolute Gasteiger partial charge is 0.264 e. The summed E-state index contributed by atoms with van der Waals surface area (Å²) < 4.78 is 34.8. The fourth-order valence-corrected chi connectivity index (χ4v) is 6.34. The number of halogens is 1. The molecule has 0 aliphatic rings. The molecule has 0 heterocycles. The summed E-state index contributed by atoms with van der Waals surface area (Å²) in [4.78, 5) is 28.6. The molecule has 0 saturated heterocycles. The molecule has 3 aromatic carbocycles. The molecular weight excluding hydrogens is 606 g/mol. The summed E-state index contributed by atoms with van der Waals surface area (Å²) in [5.74, 6) is -0.288. The van der Waals surface area contributed by atoms with Crippen LogP contribution in [0.4, 0.5) is 5.69 Å². The van der Waals surface area contributed by atoms with Crippen molar-refractivity contribution in [2.24, 2.45) is 0 Å². The topological polar surface area (TPSA) is 96.0 Å². The number of methoxy groups -OCH3 is 1. The summed E-state index contributed by atoms with van der Waals surface area (Å²) in [7, 11) is -2.69. The van der Waals surface area contributed by atoms with E-state index in [1.54, 1.807) is 37.3 Å². The van der Waals surface area contributed by atoms with Crippen molar-refractivity contribution in [3.63, 3.8) is 0 Å². The molecule has 0 aliphatic heterocycles. The normalized spacial score (nSPS) is 12.7. The SMILES string of the molecule is CC[C@H](C)NC(=O)[C@@H](C)N(CCc1ccccc1)C(=O)CN(c1ccc(C)cc1)S(=O)(=O)c1ccc(OC)c(Br)c1. The van der Waals surface area contributed by atoms with Crippen molar-refractivity contribution in [3.8, 4) is 5.75 Å². The molecule has 0 unspecified atom stereocenters. The third-order valence-electron chi connectivity index (χ3n) is 6.96. The standard InChI is InChI=1S/C31H38BrN3O5S/c1-6-23(3)33-31(37)24(4)34(19-18-25-10-8-7-9-11-25)30(36)21-35(26-14-12-22(2)13-15-26)41(38,39)27-16-17-29(40-5)28(32)20-27/h7-17,20,23-24H,6,18-19,21H2,1-5H3,(H,33,37)/t23-,24+/m0/s1. The van der Waals surface area contributed by atoms with Gasteiger partial charge in [0.15, 0.2) is 0 Å².